The van der Waals surface area contributed by atoms with E-state index >= 15 is 0 Å². The molecule has 8 heteroatoms. The van der Waals surface area contributed by atoms with Crippen molar-refractivity contribution in [3.8, 4) is 17.2 Å². The predicted molar refractivity (Wildman–Crippen MR) is 103 cm³/mol. The second-order valence-corrected chi connectivity index (χ2v) is 5.88. The van der Waals surface area contributed by atoms with Gasteiger partial charge in [0.2, 0.25) is 11.7 Å². The van der Waals surface area contributed by atoms with Gasteiger partial charge >= 0.3 is 0 Å². The van der Waals surface area contributed by atoms with Crippen molar-refractivity contribution in [2.24, 2.45) is 0 Å². The van der Waals surface area contributed by atoms with Crippen LogP contribution in [-0.4, -0.2) is 55.7 Å². The van der Waals surface area contributed by atoms with Crippen LogP contribution in [0.3, 0.4) is 0 Å². The van der Waals surface area contributed by atoms with Crippen molar-refractivity contribution >= 4 is 17.5 Å². The lowest BCUT2D eigenvalue weighted by Gasteiger charge is -2.17. The minimum Gasteiger partial charge on any atom is -0.493 e. The highest BCUT2D eigenvalue weighted by molar-refractivity contribution is 5.92. The van der Waals surface area contributed by atoms with Crippen LogP contribution in [-0.2, 0) is 0 Å². The second kappa shape index (κ2) is 9.61. The molecule has 0 aliphatic heterocycles. The van der Waals surface area contributed by atoms with Gasteiger partial charge in [-0.25, -0.2) is 9.97 Å². The lowest BCUT2D eigenvalue weighted by atomic mass is 10.2. The molecule has 0 spiro atoms. The van der Waals surface area contributed by atoms with E-state index in [0.717, 1.165) is 12.8 Å². The number of methoxy groups -OCH3 is 3. The molecule has 146 valence electrons. The summed E-state index contributed by atoms with van der Waals surface area (Å²) in [7, 11) is 6.40. The van der Waals surface area contributed by atoms with E-state index in [1.807, 2.05) is 0 Å². The van der Waals surface area contributed by atoms with Gasteiger partial charge in [0.1, 0.15) is 5.69 Å². The van der Waals surface area contributed by atoms with E-state index in [4.69, 9.17) is 14.2 Å². The van der Waals surface area contributed by atoms with E-state index in [0.29, 0.717) is 41.1 Å². The van der Waals surface area contributed by atoms with Crippen molar-refractivity contribution in [2.45, 2.75) is 19.8 Å². The highest BCUT2D eigenvalue weighted by Crippen LogP contribution is 2.40. The minimum atomic E-state index is -0.140. The van der Waals surface area contributed by atoms with Crippen molar-refractivity contribution < 1.29 is 19.0 Å². The maximum atomic E-state index is 12.5. The van der Waals surface area contributed by atoms with Crippen molar-refractivity contribution in [1.82, 2.24) is 14.9 Å². The average molecular weight is 374 g/mol. The smallest absolute Gasteiger partial charge is 0.272 e. The van der Waals surface area contributed by atoms with Crippen molar-refractivity contribution in [2.75, 3.05) is 40.2 Å². The minimum absolute atomic E-state index is 0.140. The van der Waals surface area contributed by atoms with Gasteiger partial charge in [-0.1, -0.05) is 13.3 Å². The Labute approximate surface area is 159 Å². The van der Waals surface area contributed by atoms with E-state index in [1.54, 1.807) is 57.7 Å². The standard InChI is InChI=1S/C19H26N4O4/c1-6-7-10-23(2)18(24)14-8-9-20-19(22-14)21-13-11-15(25-3)17(27-5)16(12-13)26-4/h8-9,11-12H,6-7,10H2,1-5H3,(H,20,21,22). The largest absolute Gasteiger partial charge is 0.493 e. The summed E-state index contributed by atoms with van der Waals surface area (Å²) in [5.41, 5.74) is 0.979. The summed E-state index contributed by atoms with van der Waals surface area (Å²) in [6.07, 6.45) is 3.52. The molecular weight excluding hydrogens is 348 g/mol. The average Bonchev–Trinajstić information content (AvgIpc) is 2.70. The molecule has 1 aromatic carbocycles. The molecule has 0 saturated heterocycles. The molecule has 0 unspecified atom stereocenters. The zero-order chi connectivity index (χ0) is 19.8. The molecule has 1 heterocycles. The summed E-state index contributed by atoms with van der Waals surface area (Å²) in [6, 6.07) is 5.09. The number of amides is 1. The summed E-state index contributed by atoms with van der Waals surface area (Å²) in [5, 5.41) is 3.07. The fourth-order valence-corrected chi connectivity index (χ4v) is 2.51. The third-order valence-electron chi connectivity index (χ3n) is 3.99. The first-order chi connectivity index (χ1) is 13.0. The van der Waals surface area contributed by atoms with Gasteiger partial charge in [0.05, 0.1) is 21.3 Å². The summed E-state index contributed by atoms with van der Waals surface area (Å²) in [4.78, 5) is 22.7. The summed E-state index contributed by atoms with van der Waals surface area (Å²) < 4.78 is 16.0. The topological polar surface area (TPSA) is 85.8 Å². The molecule has 1 amide bonds. The summed E-state index contributed by atoms with van der Waals surface area (Å²) in [5.74, 6) is 1.67. The molecule has 1 N–H and O–H groups in total. The van der Waals surface area contributed by atoms with Crippen molar-refractivity contribution in [3.63, 3.8) is 0 Å². The third kappa shape index (κ3) is 4.99. The Morgan fingerprint density at radius 1 is 1.15 bits per heavy atom. The number of carbonyl (C=O) groups is 1. The predicted octanol–water partition coefficient (Wildman–Crippen LogP) is 3.12. The number of hydrogen-bond acceptors (Lipinski definition) is 7. The molecule has 0 atom stereocenters. The number of carbonyl (C=O) groups excluding carboxylic acids is 1. The molecule has 0 radical (unpaired) electrons. The molecule has 1 aromatic heterocycles. The molecule has 2 aromatic rings. The summed E-state index contributed by atoms with van der Waals surface area (Å²) in [6.45, 7) is 2.78. The van der Waals surface area contributed by atoms with Crippen molar-refractivity contribution in [1.29, 1.82) is 0 Å². The maximum absolute atomic E-state index is 12.5. The second-order valence-electron chi connectivity index (χ2n) is 5.88. The monoisotopic (exact) mass is 374 g/mol. The highest BCUT2D eigenvalue weighted by Gasteiger charge is 2.16. The van der Waals surface area contributed by atoms with Gasteiger partial charge in [-0.3, -0.25) is 4.79 Å². The zero-order valence-corrected chi connectivity index (χ0v) is 16.4. The SMILES string of the molecule is CCCCN(C)C(=O)c1ccnc(Nc2cc(OC)c(OC)c(OC)c2)n1. The molecule has 0 aliphatic rings. The first kappa shape index (κ1) is 20.3. The normalized spacial score (nSPS) is 10.3. The van der Waals surface area contributed by atoms with Crippen LogP contribution in [0.1, 0.15) is 30.3 Å². The third-order valence-corrected chi connectivity index (χ3v) is 3.99. The first-order valence-electron chi connectivity index (χ1n) is 8.69. The van der Waals surface area contributed by atoms with E-state index < -0.39 is 0 Å². The number of rotatable bonds is 9. The Hall–Kier alpha value is -3.03. The van der Waals surface area contributed by atoms with Crippen LogP contribution in [0.25, 0.3) is 0 Å². The van der Waals surface area contributed by atoms with E-state index in [2.05, 4.69) is 22.2 Å². The van der Waals surface area contributed by atoms with Crippen LogP contribution in [0.2, 0.25) is 0 Å². The van der Waals surface area contributed by atoms with Gasteiger partial charge in [-0.2, -0.15) is 0 Å². The van der Waals surface area contributed by atoms with E-state index in [-0.39, 0.29) is 5.91 Å². The summed E-state index contributed by atoms with van der Waals surface area (Å²) >= 11 is 0. The van der Waals surface area contributed by atoms with Crippen LogP contribution >= 0.6 is 0 Å². The Balaban J connectivity index is 2.24. The molecular formula is C19H26N4O4. The highest BCUT2D eigenvalue weighted by atomic mass is 16.5. The number of nitrogens with zero attached hydrogens (tertiary/aromatic N) is 3. The molecule has 0 aliphatic carbocycles. The van der Waals surface area contributed by atoms with Gasteiger partial charge < -0.3 is 24.4 Å². The van der Waals surface area contributed by atoms with Gasteiger partial charge in [0.25, 0.3) is 5.91 Å². The molecule has 0 bridgehead atoms. The van der Waals surface area contributed by atoms with E-state index in [1.165, 1.54) is 0 Å². The molecule has 0 fully saturated rings. The number of aromatic nitrogens is 2. The lowest BCUT2D eigenvalue weighted by Crippen LogP contribution is -2.28. The van der Waals surface area contributed by atoms with Gasteiger partial charge in [0, 0.05) is 37.6 Å². The molecule has 8 nitrogen and oxygen atoms in total. The van der Waals surface area contributed by atoms with Crippen LogP contribution in [0, 0.1) is 0 Å². The zero-order valence-electron chi connectivity index (χ0n) is 16.4. The fourth-order valence-electron chi connectivity index (χ4n) is 2.51. The molecule has 2 rings (SSSR count). The number of benzene rings is 1. The number of nitrogens with one attached hydrogen (secondary N) is 1. The Morgan fingerprint density at radius 2 is 1.81 bits per heavy atom. The van der Waals surface area contributed by atoms with Crippen LogP contribution in [0.4, 0.5) is 11.6 Å². The van der Waals surface area contributed by atoms with E-state index in [9.17, 15) is 4.79 Å². The molecule has 27 heavy (non-hydrogen) atoms. The quantitative estimate of drug-likeness (QED) is 0.722. The lowest BCUT2D eigenvalue weighted by molar-refractivity contribution is 0.0787. The Bertz CT molecular complexity index is 757. The number of ether oxygens (including phenoxy) is 3. The maximum Gasteiger partial charge on any atom is 0.272 e. The Kier molecular flexibility index (Phi) is 7.22. The Morgan fingerprint density at radius 3 is 2.37 bits per heavy atom. The van der Waals surface area contributed by atoms with Crippen molar-refractivity contribution in [3.05, 3.63) is 30.1 Å². The van der Waals surface area contributed by atoms with Gasteiger partial charge in [0.15, 0.2) is 11.5 Å². The number of unbranched alkanes of at least 4 members (excludes halogenated alkanes) is 1. The van der Waals surface area contributed by atoms with Gasteiger partial charge in [-0.15, -0.1) is 0 Å². The number of anilines is 2. The van der Waals surface area contributed by atoms with Crippen LogP contribution < -0.4 is 19.5 Å². The van der Waals surface area contributed by atoms with Crippen LogP contribution in [0.5, 0.6) is 17.2 Å². The number of hydrogen-bond donors (Lipinski definition) is 1. The molecule has 0 saturated carbocycles. The first-order valence-corrected chi connectivity index (χ1v) is 8.69. The van der Waals surface area contributed by atoms with Crippen LogP contribution in [0.15, 0.2) is 24.4 Å². The van der Waals surface area contributed by atoms with Gasteiger partial charge in [-0.05, 0) is 12.5 Å². The fraction of sp³-hybridized carbons (Fsp3) is 0.421.